The highest BCUT2D eigenvalue weighted by molar-refractivity contribution is 5.67. The highest BCUT2D eigenvalue weighted by Crippen LogP contribution is 1.63. The van der Waals surface area contributed by atoms with Gasteiger partial charge in [0.2, 0.25) is 0 Å². The largest absolute Gasteiger partial charge is 0.481 e. The number of hydrogen-bond acceptors (Lipinski definition) is 3. The SMILES string of the molecule is CC(=O)O.CCOC(=N)N. The maximum atomic E-state index is 9.00. The minimum atomic E-state index is -0.833. The summed E-state index contributed by atoms with van der Waals surface area (Å²) in [6.45, 7) is 3.34. The van der Waals surface area contributed by atoms with E-state index in [2.05, 4.69) is 4.74 Å². The molecule has 5 nitrogen and oxygen atoms in total. The molecule has 0 heterocycles. The predicted octanol–water partition coefficient (Wildman–Crippen LogP) is 0.00727. The molecule has 0 rings (SSSR count). The molecule has 0 aliphatic heterocycles. The van der Waals surface area contributed by atoms with E-state index in [1.807, 2.05) is 0 Å². The van der Waals surface area contributed by atoms with Gasteiger partial charge in [-0.3, -0.25) is 10.2 Å². The van der Waals surface area contributed by atoms with Crippen LogP contribution in [-0.4, -0.2) is 23.7 Å². The Morgan fingerprint density at radius 2 is 2.10 bits per heavy atom. The van der Waals surface area contributed by atoms with E-state index >= 15 is 0 Å². The van der Waals surface area contributed by atoms with Crippen LogP contribution in [0.2, 0.25) is 0 Å². The normalized spacial score (nSPS) is 7.00. The first-order valence-electron chi connectivity index (χ1n) is 2.67. The molecular weight excluding hydrogens is 136 g/mol. The van der Waals surface area contributed by atoms with E-state index in [0.717, 1.165) is 6.92 Å². The number of carboxylic acids is 1. The van der Waals surface area contributed by atoms with Crippen LogP contribution in [0.15, 0.2) is 0 Å². The van der Waals surface area contributed by atoms with E-state index in [1.54, 1.807) is 6.92 Å². The summed E-state index contributed by atoms with van der Waals surface area (Å²) < 4.78 is 4.40. The van der Waals surface area contributed by atoms with Crippen LogP contribution >= 0.6 is 0 Å². The summed E-state index contributed by atoms with van der Waals surface area (Å²) in [5.74, 6) is -0.833. The zero-order chi connectivity index (χ0) is 8.57. The van der Waals surface area contributed by atoms with Gasteiger partial charge in [-0.2, -0.15) is 0 Å². The van der Waals surface area contributed by atoms with Gasteiger partial charge in [0.25, 0.3) is 12.0 Å². The van der Waals surface area contributed by atoms with Crippen LogP contribution in [0.3, 0.4) is 0 Å². The third-order valence-electron chi connectivity index (χ3n) is 0.300. The summed E-state index contributed by atoms with van der Waals surface area (Å²) >= 11 is 0. The Bertz CT molecular complexity index is 109. The lowest BCUT2D eigenvalue weighted by molar-refractivity contribution is -0.134. The molecule has 60 valence electrons. The smallest absolute Gasteiger partial charge is 0.300 e. The molecule has 0 aromatic carbocycles. The molecule has 0 unspecified atom stereocenters. The number of hydrogen-bond donors (Lipinski definition) is 3. The van der Waals surface area contributed by atoms with Gasteiger partial charge in [-0.15, -0.1) is 0 Å². The van der Waals surface area contributed by atoms with Gasteiger partial charge in [0.05, 0.1) is 6.61 Å². The van der Waals surface area contributed by atoms with E-state index in [1.165, 1.54) is 0 Å². The Labute approximate surface area is 59.3 Å². The average molecular weight is 148 g/mol. The first kappa shape index (κ1) is 11.5. The summed E-state index contributed by atoms with van der Waals surface area (Å²) in [5, 5.41) is 13.9. The van der Waals surface area contributed by atoms with Crippen molar-refractivity contribution in [2.24, 2.45) is 5.73 Å². The molecule has 0 bridgehead atoms. The molecular formula is C5H12N2O3. The number of ether oxygens (including phenoxy) is 1. The van der Waals surface area contributed by atoms with Crippen LogP contribution in [0, 0.1) is 5.41 Å². The van der Waals surface area contributed by atoms with Crippen molar-refractivity contribution in [3.63, 3.8) is 0 Å². The number of rotatable bonds is 1. The standard InChI is InChI=1S/C3H8N2O.C2H4O2/c1-2-6-3(4)5;1-2(3)4/h2H2,1H3,(H3,4,5);1H3,(H,3,4). The number of carbonyl (C=O) groups is 1. The molecule has 0 aliphatic rings. The molecule has 0 amide bonds. The second kappa shape index (κ2) is 7.74. The molecule has 0 aromatic rings. The predicted molar refractivity (Wildman–Crippen MR) is 36.8 cm³/mol. The van der Waals surface area contributed by atoms with Crippen molar-refractivity contribution in [1.29, 1.82) is 5.41 Å². The molecule has 0 saturated heterocycles. The fourth-order valence-electron chi connectivity index (χ4n) is 0.156. The topological polar surface area (TPSA) is 96.4 Å². The molecule has 0 spiro atoms. The van der Waals surface area contributed by atoms with Gasteiger partial charge in [-0.05, 0) is 6.92 Å². The summed E-state index contributed by atoms with van der Waals surface area (Å²) in [5.41, 5.74) is 4.76. The van der Waals surface area contributed by atoms with Gasteiger partial charge in [-0.1, -0.05) is 0 Å². The lowest BCUT2D eigenvalue weighted by Gasteiger charge is -1.92. The number of nitrogens with two attached hydrogens (primary N) is 1. The van der Waals surface area contributed by atoms with Gasteiger partial charge < -0.3 is 15.6 Å². The van der Waals surface area contributed by atoms with Gasteiger partial charge in [-0.25, -0.2) is 0 Å². The van der Waals surface area contributed by atoms with Crippen molar-refractivity contribution in [3.05, 3.63) is 0 Å². The van der Waals surface area contributed by atoms with Crippen molar-refractivity contribution in [2.45, 2.75) is 13.8 Å². The first-order valence-corrected chi connectivity index (χ1v) is 2.67. The van der Waals surface area contributed by atoms with Crippen LogP contribution < -0.4 is 5.73 Å². The molecule has 0 aromatic heterocycles. The summed E-state index contributed by atoms with van der Waals surface area (Å²) in [7, 11) is 0. The molecule has 0 atom stereocenters. The van der Waals surface area contributed by atoms with E-state index in [4.69, 9.17) is 21.0 Å². The van der Waals surface area contributed by atoms with Crippen molar-refractivity contribution >= 4 is 12.0 Å². The molecule has 0 radical (unpaired) electrons. The fraction of sp³-hybridized carbons (Fsp3) is 0.600. The van der Waals surface area contributed by atoms with Crippen LogP contribution in [-0.2, 0) is 9.53 Å². The number of carboxylic acid groups (broad SMARTS) is 1. The molecule has 4 N–H and O–H groups in total. The zero-order valence-electron chi connectivity index (χ0n) is 6.05. The zero-order valence-corrected chi connectivity index (χ0v) is 6.05. The second-order valence-electron chi connectivity index (χ2n) is 1.32. The van der Waals surface area contributed by atoms with Gasteiger partial charge >= 0.3 is 0 Å². The molecule has 0 aliphatic carbocycles. The number of amidine groups is 1. The third kappa shape index (κ3) is 73.3. The van der Waals surface area contributed by atoms with E-state index in [0.29, 0.717) is 6.61 Å². The number of aliphatic carboxylic acids is 1. The Hall–Kier alpha value is -1.26. The second-order valence-corrected chi connectivity index (χ2v) is 1.32. The highest BCUT2D eigenvalue weighted by Gasteiger charge is 1.76. The molecule has 0 saturated carbocycles. The fourth-order valence-corrected chi connectivity index (χ4v) is 0.156. The molecule has 0 fully saturated rings. The van der Waals surface area contributed by atoms with Crippen molar-refractivity contribution in [1.82, 2.24) is 0 Å². The Balaban J connectivity index is 0. The summed E-state index contributed by atoms with van der Waals surface area (Å²) in [6, 6.07) is -0.211. The Morgan fingerprint density at radius 1 is 1.80 bits per heavy atom. The Morgan fingerprint density at radius 3 is 2.10 bits per heavy atom. The third-order valence-corrected chi connectivity index (χ3v) is 0.300. The lowest BCUT2D eigenvalue weighted by Crippen LogP contribution is -2.13. The first-order chi connectivity index (χ1) is 4.50. The van der Waals surface area contributed by atoms with E-state index in [9.17, 15) is 0 Å². The summed E-state index contributed by atoms with van der Waals surface area (Å²) in [6.07, 6.45) is 0. The Kier molecular flexibility index (Phi) is 8.92. The van der Waals surface area contributed by atoms with Crippen molar-refractivity contribution < 1.29 is 14.6 Å². The van der Waals surface area contributed by atoms with Gasteiger partial charge in [0.15, 0.2) is 0 Å². The summed E-state index contributed by atoms with van der Waals surface area (Å²) in [4.78, 5) is 9.00. The minimum absolute atomic E-state index is 0.211. The maximum Gasteiger partial charge on any atom is 0.300 e. The van der Waals surface area contributed by atoms with E-state index < -0.39 is 5.97 Å². The quantitative estimate of drug-likeness (QED) is 0.360. The molecule has 5 heteroatoms. The van der Waals surface area contributed by atoms with E-state index in [-0.39, 0.29) is 6.02 Å². The van der Waals surface area contributed by atoms with Crippen LogP contribution in [0.4, 0.5) is 0 Å². The van der Waals surface area contributed by atoms with Crippen LogP contribution in [0.1, 0.15) is 13.8 Å². The highest BCUT2D eigenvalue weighted by atomic mass is 16.5. The maximum absolute atomic E-state index is 9.00. The minimum Gasteiger partial charge on any atom is -0.481 e. The average Bonchev–Trinajstić information content (AvgIpc) is 1.62. The lowest BCUT2D eigenvalue weighted by atomic mass is 10.9. The molecule has 10 heavy (non-hydrogen) atoms. The van der Waals surface area contributed by atoms with Gasteiger partial charge in [0, 0.05) is 6.92 Å². The van der Waals surface area contributed by atoms with Crippen LogP contribution in [0.25, 0.3) is 0 Å². The monoisotopic (exact) mass is 148 g/mol. The van der Waals surface area contributed by atoms with Crippen LogP contribution in [0.5, 0.6) is 0 Å². The van der Waals surface area contributed by atoms with Crippen molar-refractivity contribution in [3.8, 4) is 0 Å². The number of nitrogens with one attached hydrogen (secondary N) is 1. The van der Waals surface area contributed by atoms with Gasteiger partial charge in [0.1, 0.15) is 0 Å². The van der Waals surface area contributed by atoms with Crippen molar-refractivity contribution in [2.75, 3.05) is 6.61 Å².